The van der Waals surface area contributed by atoms with Crippen LogP contribution in [0.25, 0.3) is 0 Å². The Kier molecular flexibility index (Phi) is 14.3. The molecular weight excluding hydrogens is 830 g/mol. The number of hydrogen-bond acceptors (Lipinski definition) is 14. The van der Waals surface area contributed by atoms with Crippen LogP contribution < -0.4 is 14.5 Å². The second-order valence-corrected chi connectivity index (χ2v) is 14.5. The molecule has 0 saturated carbocycles. The molecule has 6 rings (SSSR count). The number of carbonyl (C=O) groups is 2. The lowest BCUT2D eigenvalue weighted by atomic mass is 10.1. The Labute approximate surface area is 346 Å². The van der Waals surface area contributed by atoms with E-state index in [0.717, 1.165) is 29.6 Å². The first-order valence-corrected chi connectivity index (χ1v) is 18.8. The van der Waals surface area contributed by atoms with Crippen molar-refractivity contribution in [3.63, 3.8) is 0 Å². The molecule has 302 valence electrons. The first-order chi connectivity index (χ1) is 27.1. The Bertz CT molecular complexity index is 2180. The number of carbonyl (C=O) groups excluding carboxylic acids is 2. The molecule has 20 heteroatoms. The van der Waals surface area contributed by atoms with E-state index >= 15 is 0 Å². The van der Waals surface area contributed by atoms with Crippen molar-refractivity contribution < 1.29 is 39.5 Å². The normalized spacial score (nSPS) is 14.8. The lowest BCUT2D eigenvalue weighted by Crippen LogP contribution is -2.48. The van der Waals surface area contributed by atoms with E-state index in [9.17, 15) is 45.1 Å². The maximum atomic E-state index is 12.7. The highest BCUT2D eigenvalue weighted by Gasteiger charge is 2.27. The van der Waals surface area contributed by atoms with Gasteiger partial charge in [0.15, 0.2) is 23.1 Å². The minimum absolute atomic E-state index is 0.0256. The van der Waals surface area contributed by atoms with E-state index in [1.807, 2.05) is 34.1 Å². The van der Waals surface area contributed by atoms with Gasteiger partial charge in [0, 0.05) is 75.6 Å². The summed E-state index contributed by atoms with van der Waals surface area (Å²) in [4.78, 5) is 53.7. The SMILES string of the molecule is COc1cc(C(=O)CN2CCN(c3cccc(Cl)c3Cl)CC2)cc([N+](=O)[O-])c1O.O=C(CN1CCN(c2cccc(Cl)c2Cl)CC1)c1cc(O)c(O)c([N+](=O)[O-])c1. The third-order valence-electron chi connectivity index (χ3n) is 9.40. The second kappa shape index (κ2) is 18.9. The van der Waals surface area contributed by atoms with Crippen LogP contribution in [0.5, 0.6) is 23.0 Å². The van der Waals surface area contributed by atoms with Crippen LogP contribution in [-0.2, 0) is 0 Å². The van der Waals surface area contributed by atoms with Crippen LogP contribution >= 0.6 is 46.4 Å². The molecule has 0 aliphatic carbocycles. The maximum Gasteiger partial charge on any atom is 0.315 e. The zero-order chi connectivity index (χ0) is 41.6. The van der Waals surface area contributed by atoms with E-state index < -0.39 is 38.5 Å². The number of piperazine rings is 2. The average molecular weight is 867 g/mol. The van der Waals surface area contributed by atoms with Crippen molar-refractivity contribution in [2.75, 3.05) is 82.4 Å². The molecule has 0 radical (unpaired) electrons. The number of methoxy groups -OCH3 is 1. The first kappa shape index (κ1) is 43.0. The van der Waals surface area contributed by atoms with Crippen molar-refractivity contribution in [3.8, 4) is 23.0 Å². The zero-order valence-corrected chi connectivity index (χ0v) is 33.3. The Balaban J connectivity index is 0.000000218. The molecule has 16 nitrogen and oxygen atoms in total. The van der Waals surface area contributed by atoms with Gasteiger partial charge in [-0.25, -0.2) is 0 Å². The fourth-order valence-electron chi connectivity index (χ4n) is 6.31. The number of rotatable bonds is 11. The molecule has 0 unspecified atom stereocenters. The average Bonchev–Trinajstić information content (AvgIpc) is 3.18. The van der Waals surface area contributed by atoms with Crippen LogP contribution in [0.15, 0.2) is 60.7 Å². The van der Waals surface area contributed by atoms with Gasteiger partial charge in [0.25, 0.3) is 0 Å². The molecule has 2 aliphatic rings. The summed E-state index contributed by atoms with van der Waals surface area (Å²) in [5.74, 6) is -2.93. The Morgan fingerprint density at radius 3 is 1.46 bits per heavy atom. The van der Waals surface area contributed by atoms with Crippen molar-refractivity contribution >= 4 is 80.7 Å². The molecule has 0 spiro atoms. The van der Waals surface area contributed by atoms with Crippen molar-refractivity contribution in [3.05, 3.63) is 112 Å². The summed E-state index contributed by atoms with van der Waals surface area (Å²) < 4.78 is 4.95. The van der Waals surface area contributed by atoms with Crippen molar-refractivity contribution in [1.82, 2.24) is 9.80 Å². The van der Waals surface area contributed by atoms with Gasteiger partial charge in [0.05, 0.1) is 61.5 Å². The predicted octanol–water partition coefficient (Wildman–Crippen LogP) is 6.94. The van der Waals surface area contributed by atoms with Gasteiger partial charge >= 0.3 is 11.4 Å². The number of aromatic hydroxyl groups is 3. The third-order valence-corrected chi connectivity index (χ3v) is 11.0. The Morgan fingerprint density at radius 2 is 1.05 bits per heavy atom. The number of nitrogens with zero attached hydrogens (tertiary/aromatic N) is 6. The molecule has 0 atom stereocenters. The minimum atomic E-state index is -0.853. The van der Waals surface area contributed by atoms with Gasteiger partial charge in [0.2, 0.25) is 11.5 Å². The van der Waals surface area contributed by atoms with E-state index in [4.69, 9.17) is 51.1 Å². The van der Waals surface area contributed by atoms with E-state index in [1.54, 1.807) is 12.1 Å². The van der Waals surface area contributed by atoms with Gasteiger partial charge in [-0.15, -0.1) is 0 Å². The molecule has 4 aromatic rings. The van der Waals surface area contributed by atoms with Gasteiger partial charge in [-0.1, -0.05) is 58.5 Å². The molecule has 3 N–H and O–H groups in total. The van der Waals surface area contributed by atoms with Crippen molar-refractivity contribution in [1.29, 1.82) is 0 Å². The largest absolute Gasteiger partial charge is 0.504 e. The first-order valence-electron chi connectivity index (χ1n) is 17.2. The molecule has 0 bridgehead atoms. The monoisotopic (exact) mass is 864 g/mol. The summed E-state index contributed by atoms with van der Waals surface area (Å²) in [5.41, 5.74) is 0.508. The van der Waals surface area contributed by atoms with E-state index in [1.165, 1.54) is 13.2 Å². The lowest BCUT2D eigenvalue weighted by molar-refractivity contribution is -0.386. The van der Waals surface area contributed by atoms with Crippen LogP contribution in [0.1, 0.15) is 20.7 Å². The number of Topliss-reactive ketones (excluding diaryl/α,β-unsaturated/α-hetero) is 2. The minimum Gasteiger partial charge on any atom is -0.504 e. The number of halogens is 4. The van der Waals surface area contributed by atoms with Crippen LogP contribution in [0.4, 0.5) is 22.7 Å². The number of nitro groups is 2. The Hall–Kier alpha value is -5.10. The van der Waals surface area contributed by atoms with Crippen LogP contribution in [0, 0.1) is 20.2 Å². The number of ether oxygens (including phenoxy) is 1. The summed E-state index contributed by atoms with van der Waals surface area (Å²) in [6, 6.07) is 15.3. The highest BCUT2D eigenvalue weighted by Crippen LogP contribution is 2.38. The van der Waals surface area contributed by atoms with Gasteiger partial charge < -0.3 is 29.9 Å². The van der Waals surface area contributed by atoms with Gasteiger partial charge in [-0.05, 0) is 36.4 Å². The fourth-order valence-corrected chi connectivity index (χ4v) is 7.14. The standard InChI is InChI=1S/C19H19Cl2N3O5.C18H17Cl2N3O5/c1-29-17-10-12(9-15(19(17)26)24(27)28)16(25)11-22-5-7-23(8-6-22)14-4-2-3-13(20)18(14)21;19-12-2-1-3-13(17(12)20)22-6-4-21(5-7-22)10-16(25)11-8-14(23(27)28)18(26)15(24)9-11/h2-4,9-10,26H,5-8,11H2,1H3;1-3,8-9,24,26H,4-7,10H2. The quantitative estimate of drug-likeness (QED) is 0.0605. The van der Waals surface area contributed by atoms with E-state index in [2.05, 4.69) is 9.80 Å². The molecular formula is C37H36Cl4N6O10. The van der Waals surface area contributed by atoms with E-state index in [0.29, 0.717) is 72.4 Å². The number of phenolic OH excluding ortho intramolecular Hbond substituents is 3. The van der Waals surface area contributed by atoms with Crippen molar-refractivity contribution in [2.45, 2.75) is 0 Å². The third kappa shape index (κ3) is 10.3. The number of ketones is 2. The van der Waals surface area contributed by atoms with Crippen LogP contribution in [-0.4, -0.2) is 119 Å². The molecule has 4 aromatic carbocycles. The summed E-state index contributed by atoms with van der Waals surface area (Å²) in [6.45, 7) is 5.13. The lowest BCUT2D eigenvalue weighted by Gasteiger charge is -2.36. The van der Waals surface area contributed by atoms with Gasteiger partial charge in [-0.2, -0.15) is 0 Å². The smallest absolute Gasteiger partial charge is 0.315 e. The summed E-state index contributed by atoms with van der Waals surface area (Å²) in [5, 5.41) is 53.1. The number of nitro benzene ring substituents is 2. The van der Waals surface area contributed by atoms with Gasteiger partial charge in [0.1, 0.15) is 0 Å². The summed E-state index contributed by atoms with van der Waals surface area (Å²) in [6.07, 6.45) is 0. The van der Waals surface area contributed by atoms with Gasteiger partial charge in [-0.3, -0.25) is 39.6 Å². The number of benzene rings is 4. The number of hydrogen-bond donors (Lipinski definition) is 3. The molecule has 57 heavy (non-hydrogen) atoms. The number of anilines is 2. The van der Waals surface area contributed by atoms with E-state index in [-0.39, 0.29) is 41.5 Å². The van der Waals surface area contributed by atoms with Crippen LogP contribution in [0.3, 0.4) is 0 Å². The zero-order valence-electron chi connectivity index (χ0n) is 30.2. The van der Waals surface area contributed by atoms with Crippen LogP contribution in [0.2, 0.25) is 20.1 Å². The second-order valence-electron chi connectivity index (χ2n) is 12.9. The molecule has 2 heterocycles. The molecule has 2 fully saturated rings. The fraction of sp³-hybridized carbons (Fsp3) is 0.297. The molecule has 0 amide bonds. The summed E-state index contributed by atoms with van der Waals surface area (Å²) >= 11 is 24.7. The topological polar surface area (TPSA) is 203 Å². The Morgan fingerprint density at radius 1 is 0.649 bits per heavy atom. The predicted molar refractivity (Wildman–Crippen MR) is 217 cm³/mol. The maximum absolute atomic E-state index is 12.7. The van der Waals surface area contributed by atoms with Crippen molar-refractivity contribution in [2.24, 2.45) is 0 Å². The molecule has 2 aliphatic heterocycles. The highest BCUT2D eigenvalue weighted by atomic mass is 35.5. The molecule has 2 saturated heterocycles. The highest BCUT2D eigenvalue weighted by molar-refractivity contribution is 6.44. The molecule has 0 aromatic heterocycles. The number of phenols is 3. The summed E-state index contributed by atoms with van der Waals surface area (Å²) in [7, 11) is 1.27.